The van der Waals surface area contributed by atoms with Crippen LogP contribution >= 0.6 is 15.9 Å². The van der Waals surface area contributed by atoms with Crippen molar-refractivity contribution in [1.29, 1.82) is 0 Å². The molecule has 0 saturated heterocycles. The highest BCUT2D eigenvalue weighted by Gasteiger charge is 2.13. The van der Waals surface area contributed by atoms with Crippen LogP contribution in [0.3, 0.4) is 0 Å². The van der Waals surface area contributed by atoms with Crippen LogP contribution in [0.1, 0.15) is 10.6 Å². The number of nitrogens with one attached hydrogen (secondary N) is 2. The third-order valence-electron chi connectivity index (χ3n) is 4.09. The van der Waals surface area contributed by atoms with Crippen molar-refractivity contribution < 1.29 is 23.5 Å². The molecule has 2 N–H and O–H groups in total. The quantitative estimate of drug-likeness (QED) is 0.556. The molecule has 2 amide bonds. The van der Waals surface area contributed by atoms with Crippen LogP contribution in [0.15, 0.2) is 63.7 Å². The van der Waals surface area contributed by atoms with Crippen LogP contribution in [0.5, 0.6) is 11.5 Å². The molecule has 0 unspecified atom stereocenters. The number of hydrogen-bond donors (Lipinski definition) is 2. The summed E-state index contributed by atoms with van der Waals surface area (Å²) in [5, 5.41) is 5.27. The molecule has 0 bridgehead atoms. The lowest BCUT2D eigenvalue weighted by Gasteiger charge is -2.12. The highest BCUT2D eigenvalue weighted by Crippen LogP contribution is 2.33. The highest BCUT2D eigenvalue weighted by atomic mass is 79.9. The lowest BCUT2D eigenvalue weighted by atomic mass is 10.0. The maximum absolute atomic E-state index is 12.2. The number of carbonyl (C=O) groups is 2. The van der Waals surface area contributed by atoms with E-state index < -0.39 is 5.91 Å². The summed E-state index contributed by atoms with van der Waals surface area (Å²) in [6, 6.07) is 15.9. The zero-order valence-electron chi connectivity index (χ0n) is 15.8. The van der Waals surface area contributed by atoms with Crippen LogP contribution in [0.4, 0.5) is 5.69 Å². The Labute approximate surface area is 176 Å². The Morgan fingerprint density at radius 2 is 1.76 bits per heavy atom. The minimum Gasteiger partial charge on any atom is -0.497 e. The minimum atomic E-state index is -0.473. The molecule has 1 aromatic heterocycles. The number of amides is 2. The van der Waals surface area contributed by atoms with Gasteiger partial charge in [0.25, 0.3) is 5.91 Å². The maximum Gasteiger partial charge on any atom is 0.287 e. The van der Waals surface area contributed by atoms with Gasteiger partial charge in [0.1, 0.15) is 11.5 Å². The Morgan fingerprint density at radius 3 is 2.38 bits per heavy atom. The molecule has 0 aliphatic heterocycles. The van der Waals surface area contributed by atoms with E-state index in [-0.39, 0.29) is 18.2 Å². The number of hydrogen-bond acceptors (Lipinski definition) is 5. The van der Waals surface area contributed by atoms with Gasteiger partial charge in [0.2, 0.25) is 5.91 Å². The average molecular weight is 459 g/mol. The molecule has 150 valence electrons. The van der Waals surface area contributed by atoms with Gasteiger partial charge in [0.05, 0.1) is 20.8 Å². The maximum atomic E-state index is 12.2. The van der Waals surface area contributed by atoms with Gasteiger partial charge >= 0.3 is 0 Å². The second-order valence-electron chi connectivity index (χ2n) is 5.98. The summed E-state index contributed by atoms with van der Waals surface area (Å²) < 4.78 is 16.2. The van der Waals surface area contributed by atoms with E-state index in [2.05, 4.69) is 26.6 Å². The van der Waals surface area contributed by atoms with Crippen molar-refractivity contribution in [3.8, 4) is 22.6 Å². The molecular formula is C21H19BrN2O5. The van der Waals surface area contributed by atoms with Crippen LogP contribution < -0.4 is 20.1 Å². The number of benzene rings is 2. The summed E-state index contributed by atoms with van der Waals surface area (Å²) >= 11 is 3.13. The second kappa shape index (κ2) is 9.29. The molecule has 0 aliphatic rings. The third-order valence-corrected chi connectivity index (χ3v) is 4.52. The number of methoxy groups -OCH3 is 2. The predicted octanol–water partition coefficient (Wildman–Crippen LogP) is 4.09. The lowest BCUT2D eigenvalue weighted by Crippen LogP contribution is -2.32. The zero-order chi connectivity index (χ0) is 20.8. The Morgan fingerprint density at radius 1 is 1.00 bits per heavy atom. The van der Waals surface area contributed by atoms with Crippen molar-refractivity contribution in [1.82, 2.24) is 5.32 Å². The van der Waals surface area contributed by atoms with E-state index in [4.69, 9.17) is 13.9 Å². The Bertz CT molecular complexity index is 1010. The van der Waals surface area contributed by atoms with Crippen molar-refractivity contribution >= 4 is 33.4 Å². The first-order valence-corrected chi connectivity index (χ1v) is 9.45. The molecule has 0 atom stereocenters. The fraction of sp³-hybridized carbons (Fsp3) is 0.143. The number of rotatable bonds is 7. The summed E-state index contributed by atoms with van der Waals surface area (Å²) in [6.07, 6.45) is 0. The monoisotopic (exact) mass is 458 g/mol. The fourth-order valence-electron chi connectivity index (χ4n) is 2.67. The van der Waals surface area contributed by atoms with Crippen molar-refractivity contribution in [3.63, 3.8) is 0 Å². The lowest BCUT2D eigenvalue weighted by molar-refractivity contribution is -0.115. The highest BCUT2D eigenvalue weighted by molar-refractivity contribution is 9.10. The Hall–Kier alpha value is -3.26. The van der Waals surface area contributed by atoms with E-state index in [0.717, 1.165) is 16.9 Å². The van der Waals surface area contributed by atoms with Gasteiger partial charge in [-0.25, -0.2) is 0 Å². The summed E-state index contributed by atoms with van der Waals surface area (Å²) in [4.78, 5) is 24.2. The molecule has 7 nitrogen and oxygen atoms in total. The normalized spacial score (nSPS) is 10.3. The van der Waals surface area contributed by atoms with E-state index in [0.29, 0.717) is 16.1 Å². The SMILES string of the molecule is COc1ccc(-c2cc(NC(=O)CNC(=O)c3ccc(Br)o3)ccc2OC)cc1. The molecule has 0 fully saturated rings. The summed E-state index contributed by atoms with van der Waals surface area (Å²) in [6.45, 7) is -0.193. The number of carbonyl (C=O) groups excluding carboxylic acids is 2. The van der Waals surface area contributed by atoms with Crippen LogP contribution in [0.25, 0.3) is 11.1 Å². The number of halogens is 1. The van der Waals surface area contributed by atoms with Gasteiger partial charge in [-0.2, -0.15) is 0 Å². The van der Waals surface area contributed by atoms with Gasteiger partial charge in [-0.05, 0) is 64.0 Å². The summed E-state index contributed by atoms with van der Waals surface area (Å²) in [5.41, 5.74) is 2.31. The molecule has 0 saturated carbocycles. The standard InChI is InChI=1S/C21H19BrN2O5/c1-27-15-6-3-13(4-7-15)16-11-14(5-8-17(16)28-2)24-20(25)12-23-21(26)18-9-10-19(22)29-18/h3-11H,12H2,1-2H3,(H,23,26)(H,24,25). The number of anilines is 1. The Kier molecular flexibility index (Phi) is 6.56. The summed E-state index contributed by atoms with van der Waals surface area (Å²) in [5.74, 6) is 0.701. The molecule has 1 heterocycles. The van der Waals surface area contributed by atoms with E-state index in [1.54, 1.807) is 32.4 Å². The molecule has 2 aromatic carbocycles. The molecule has 0 aliphatic carbocycles. The van der Waals surface area contributed by atoms with Crippen molar-refractivity contribution in [3.05, 3.63) is 65.0 Å². The van der Waals surface area contributed by atoms with E-state index in [1.165, 1.54) is 6.07 Å². The molecule has 8 heteroatoms. The van der Waals surface area contributed by atoms with Crippen LogP contribution in [0, 0.1) is 0 Å². The van der Waals surface area contributed by atoms with Gasteiger partial charge in [0, 0.05) is 11.3 Å². The largest absolute Gasteiger partial charge is 0.497 e. The van der Waals surface area contributed by atoms with Gasteiger partial charge in [-0.15, -0.1) is 0 Å². The molecule has 3 aromatic rings. The second-order valence-corrected chi connectivity index (χ2v) is 6.76. The van der Waals surface area contributed by atoms with Crippen LogP contribution in [0.2, 0.25) is 0 Å². The molecule has 0 radical (unpaired) electrons. The average Bonchev–Trinajstić information content (AvgIpc) is 3.18. The van der Waals surface area contributed by atoms with Crippen molar-refractivity contribution in [2.24, 2.45) is 0 Å². The first kappa shape index (κ1) is 20.5. The predicted molar refractivity (Wildman–Crippen MR) is 112 cm³/mol. The summed E-state index contributed by atoms with van der Waals surface area (Å²) in [7, 11) is 3.19. The van der Waals surface area contributed by atoms with Gasteiger partial charge in [0.15, 0.2) is 10.4 Å². The molecule has 3 rings (SSSR count). The Balaban J connectivity index is 1.68. The third kappa shape index (κ3) is 5.17. The van der Waals surface area contributed by atoms with Gasteiger partial charge in [-0.1, -0.05) is 12.1 Å². The fourth-order valence-corrected chi connectivity index (χ4v) is 2.98. The molecule has 0 spiro atoms. The van der Waals surface area contributed by atoms with Gasteiger partial charge in [-0.3, -0.25) is 9.59 Å². The number of ether oxygens (including phenoxy) is 2. The van der Waals surface area contributed by atoms with Crippen LogP contribution in [-0.2, 0) is 4.79 Å². The topological polar surface area (TPSA) is 89.8 Å². The van der Waals surface area contributed by atoms with Crippen LogP contribution in [-0.4, -0.2) is 32.6 Å². The van der Waals surface area contributed by atoms with E-state index >= 15 is 0 Å². The first-order valence-electron chi connectivity index (χ1n) is 8.66. The minimum absolute atomic E-state index is 0.121. The molecular weight excluding hydrogens is 440 g/mol. The van der Waals surface area contributed by atoms with E-state index in [1.807, 2.05) is 30.3 Å². The smallest absolute Gasteiger partial charge is 0.287 e. The first-order chi connectivity index (χ1) is 14.0. The van der Waals surface area contributed by atoms with Crippen molar-refractivity contribution in [2.45, 2.75) is 0 Å². The number of furan rings is 1. The van der Waals surface area contributed by atoms with Crippen molar-refractivity contribution in [2.75, 3.05) is 26.1 Å². The van der Waals surface area contributed by atoms with Gasteiger partial charge < -0.3 is 24.5 Å². The van der Waals surface area contributed by atoms with E-state index in [9.17, 15) is 9.59 Å². The molecule has 29 heavy (non-hydrogen) atoms. The zero-order valence-corrected chi connectivity index (χ0v) is 17.4.